The molecule has 98 heavy (non-hydrogen) atoms. The highest BCUT2D eigenvalue weighted by Crippen LogP contribution is 2.31. The van der Waals surface area contributed by atoms with Gasteiger partial charge in [-0.15, -0.1) is 0 Å². The number of rotatable bonds is 18. The van der Waals surface area contributed by atoms with Gasteiger partial charge in [0.15, 0.2) is 11.6 Å². The summed E-state index contributed by atoms with van der Waals surface area (Å²) in [6.45, 7) is 16.9. The van der Waals surface area contributed by atoms with Crippen LogP contribution >= 0.6 is 0 Å². The lowest BCUT2D eigenvalue weighted by atomic mass is 10.00. The van der Waals surface area contributed by atoms with Gasteiger partial charge in [-0.1, -0.05) is 64.1 Å². The first kappa shape index (κ1) is 72.8. The van der Waals surface area contributed by atoms with E-state index in [1.54, 1.807) is 61.4 Å². The molecular weight excluding hydrogens is 1250 g/mol. The maximum absolute atomic E-state index is 13.4. The highest BCUT2D eigenvalue weighted by Gasteiger charge is 2.41. The van der Waals surface area contributed by atoms with Crippen molar-refractivity contribution < 1.29 is 62.1 Å². The molecule has 25 heteroatoms. The molecule has 522 valence electrons. The Morgan fingerprint density at radius 1 is 0.520 bits per heavy atom. The minimum Gasteiger partial charge on any atom is -0.453 e. The van der Waals surface area contributed by atoms with Crippen LogP contribution in [0.15, 0.2) is 97.6 Å². The van der Waals surface area contributed by atoms with Crippen LogP contribution in [-0.4, -0.2) is 184 Å². The third-order valence-electron chi connectivity index (χ3n) is 18.0. The molecule has 7 amide bonds. The molecule has 5 aliphatic heterocycles. The first-order valence-corrected chi connectivity index (χ1v) is 34.0. The van der Waals surface area contributed by atoms with E-state index in [2.05, 4.69) is 56.0 Å². The van der Waals surface area contributed by atoms with Crippen LogP contribution in [0.2, 0.25) is 0 Å². The Balaban J connectivity index is 0.000000216. The molecule has 0 saturated carbocycles. The van der Waals surface area contributed by atoms with Gasteiger partial charge in [0.25, 0.3) is 0 Å². The number of aromatic nitrogens is 4. The van der Waals surface area contributed by atoms with Crippen molar-refractivity contribution in [2.45, 2.75) is 167 Å². The highest BCUT2D eigenvalue weighted by molar-refractivity contribution is 6.00. The number of alkyl carbamates (subject to hydrolysis) is 2. The average Bonchev–Trinajstić information content (AvgIpc) is 1.22. The van der Waals surface area contributed by atoms with Crippen LogP contribution in [-0.2, 0) is 60.6 Å². The average molecular weight is 1350 g/mol. The highest BCUT2D eigenvalue weighted by atomic mass is 16.6. The van der Waals surface area contributed by atoms with Gasteiger partial charge in [0, 0.05) is 90.9 Å². The molecule has 0 spiro atoms. The number of nitrogens with zero attached hydrogens (tertiary/aromatic N) is 7. The van der Waals surface area contributed by atoms with Gasteiger partial charge >= 0.3 is 18.3 Å². The molecule has 5 saturated heterocycles. The number of amides is 7. The van der Waals surface area contributed by atoms with Gasteiger partial charge in [0.2, 0.25) is 23.6 Å². The number of carbonyl (C=O) groups is 9. The summed E-state index contributed by atoms with van der Waals surface area (Å²) in [7, 11) is 2.50. The molecule has 5 fully saturated rings. The second-order valence-electron chi connectivity index (χ2n) is 27.0. The van der Waals surface area contributed by atoms with Crippen molar-refractivity contribution in [1.82, 2.24) is 50.6 Å². The Hall–Kier alpha value is -9.49. The largest absolute Gasteiger partial charge is 0.453 e. The molecule has 6 aromatic rings. The Kier molecular flexibility index (Phi) is 25.0. The molecule has 2 aromatic carbocycles. The summed E-state index contributed by atoms with van der Waals surface area (Å²) < 4.78 is 19.8. The molecule has 0 radical (unpaired) electrons. The van der Waals surface area contributed by atoms with E-state index in [-0.39, 0.29) is 65.9 Å². The van der Waals surface area contributed by atoms with Gasteiger partial charge in [0.1, 0.15) is 35.4 Å². The van der Waals surface area contributed by atoms with Gasteiger partial charge in [-0.25, -0.2) is 24.4 Å². The zero-order valence-corrected chi connectivity index (χ0v) is 57.5. The maximum atomic E-state index is 13.4. The van der Waals surface area contributed by atoms with Gasteiger partial charge in [-0.05, 0) is 162 Å². The molecule has 0 unspecified atom stereocenters. The normalized spacial score (nSPS) is 18.8. The van der Waals surface area contributed by atoms with E-state index in [0.29, 0.717) is 74.8 Å². The first-order chi connectivity index (χ1) is 47.0. The number of ether oxygens (including phenoxy) is 4. The van der Waals surface area contributed by atoms with Crippen LogP contribution in [0.5, 0.6) is 0 Å². The van der Waals surface area contributed by atoms with Gasteiger partial charge in [-0.2, -0.15) is 0 Å². The van der Waals surface area contributed by atoms with E-state index in [4.69, 9.17) is 9.47 Å². The van der Waals surface area contributed by atoms with Crippen molar-refractivity contribution in [3.05, 3.63) is 109 Å². The van der Waals surface area contributed by atoms with Crippen molar-refractivity contribution in [3.8, 4) is 22.3 Å². The zero-order valence-electron chi connectivity index (χ0n) is 57.5. The van der Waals surface area contributed by atoms with Crippen LogP contribution in [0.4, 0.5) is 26.0 Å². The molecule has 25 nitrogen and oxygen atoms in total. The van der Waals surface area contributed by atoms with Crippen LogP contribution < -0.4 is 26.6 Å². The van der Waals surface area contributed by atoms with E-state index in [9.17, 15) is 43.2 Å². The predicted molar refractivity (Wildman–Crippen MR) is 369 cm³/mol. The molecule has 0 aliphatic carbocycles. The number of hydrogen-bond donors (Lipinski definition) is 5. The number of nitrogens with one attached hydrogen (secondary N) is 5. The lowest BCUT2D eigenvalue weighted by Crippen LogP contribution is -2.53. The molecule has 5 aliphatic rings. The standard InChI is InChI=1S/C37H46N6O7.C32H38N6O5.C4H8O/c1-22(2)32(41-35(47)49-6)34(46)42-15-7-9-28(42)30(44)19-27-14-13-24(20-38-27)23-11-12-25-21-39-31(18-26(25)17-23)40-33(45)29-10-8-16-43(29)36(48)50-37(3,4)5;1-19(2)29(37-32(42)43-3)31(41)38-13-5-7-26(38)27(39)16-24-11-10-21(17-34-24)20-8-9-22-18-35-28(15-23(22)14-20)36-30(40)25-6-4-12-33-25;1-2-4-5-3-1/h11-14,17-18,20-22,28-29,32H,7-10,15-16,19H2,1-6H3,(H,41,47)(H,39,40,45);8-11,14-15,17-19,25-26,29,33H,4-7,12-13,16H2,1-3H3,(H,37,42)(H,35,36,40);1-4H2/t28-,29-,32-;25-,26-,29-;/m00./s1. The summed E-state index contributed by atoms with van der Waals surface area (Å²) in [5.41, 5.74) is 4.13. The number of fused-ring (bicyclic) bond motifs is 2. The minimum absolute atomic E-state index is 0.0717. The molecule has 9 heterocycles. The molecule has 0 bridgehead atoms. The summed E-state index contributed by atoms with van der Waals surface area (Å²) in [6, 6.07) is 19.5. The lowest BCUT2D eigenvalue weighted by Gasteiger charge is -2.30. The fraction of sp³-hybridized carbons (Fsp3) is 0.493. The van der Waals surface area contributed by atoms with Crippen LogP contribution in [0.3, 0.4) is 0 Å². The Morgan fingerprint density at radius 2 is 0.969 bits per heavy atom. The van der Waals surface area contributed by atoms with Crippen molar-refractivity contribution in [2.24, 2.45) is 11.8 Å². The predicted octanol–water partition coefficient (Wildman–Crippen LogP) is 9.39. The third kappa shape index (κ3) is 19.2. The second kappa shape index (κ2) is 33.6. The lowest BCUT2D eigenvalue weighted by molar-refractivity contribution is -0.140. The van der Waals surface area contributed by atoms with E-state index in [1.165, 1.54) is 32.0 Å². The Labute approximate surface area is 571 Å². The van der Waals surface area contributed by atoms with Crippen LogP contribution in [0.1, 0.15) is 124 Å². The van der Waals surface area contributed by atoms with Gasteiger partial charge in [0.05, 0.1) is 45.2 Å². The summed E-state index contributed by atoms with van der Waals surface area (Å²) in [5.74, 6) is -0.585. The van der Waals surface area contributed by atoms with Gasteiger partial charge < -0.3 is 55.3 Å². The quantitative estimate of drug-likeness (QED) is 0.0500. The number of benzene rings is 2. The number of ketones is 2. The molecule has 11 rings (SSSR count). The van der Waals surface area contributed by atoms with Crippen LogP contribution in [0.25, 0.3) is 43.8 Å². The minimum atomic E-state index is -0.792. The smallest absolute Gasteiger partial charge is 0.410 e. The summed E-state index contributed by atoms with van der Waals surface area (Å²) in [4.78, 5) is 138. The number of Topliss-reactive ketones (excluding diaryl/α,β-unsaturated/α-hetero) is 2. The number of pyridine rings is 4. The molecule has 6 atom stereocenters. The maximum Gasteiger partial charge on any atom is 0.410 e. The number of methoxy groups -OCH3 is 2. The molecular formula is C73H92N12O13. The Bertz CT molecular complexity index is 3820. The van der Waals surface area contributed by atoms with Crippen molar-refractivity contribution >= 4 is 86.7 Å². The van der Waals surface area contributed by atoms with E-state index < -0.39 is 54.1 Å². The van der Waals surface area contributed by atoms with Crippen LogP contribution in [0, 0.1) is 11.8 Å². The fourth-order valence-electron chi connectivity index (χ4n) is 12.7. The van der Waals surface area contributed by atoms with E-state index in [1.807, 2.05) is 94.4 Å². The summed E-state index contributed by atoms with van der Waals surface area (Å²) in [6.07, 6.45) is 13.4. The SMILES string of the molecule is C1CCOC1.COC(=O)N[C@H](C(=O)N1CCC[C@H]1C(=O)Cc1ccc(-c2ccc3cnc(NC(=O)[C@@H]4CCCN4)cc3c2)cn1)C(C)C.COC(=O)N[C@H](C(=O)N1CCC[C@H]1C(=O)Cc1ccc(-c2ccc3cnc(NC(=O)[C@@H]4CCCN4C(=O)OC(C)(C)C)cc3c2)cn1)C(C)C. The Morgan fingerprint density at radius 3 is 1.37 bits per heavy atom. The second-order valence-corrected chi connectivity index (χ2v) is 27.0. The van der Waals surface area contributed by atoms with Gasteiger partial charge in [-0.3, -0.25) is 43.6 Å². The molecule has 4 aromatic heterocycles. The summed E-state index contributed by atoms with van der Waals surface area (Å²) >= 11 is 0. The monoisotopic (exact) mass is 1340 g/mol. The van der Waals surface area contributed by atoms with E-state index >= 15 is 0 Å². The third-order valence-corrected chi connectivity index (χ3v) is 18.0. The first-order valence-electron chi connectivity index (χ1n) is 34.0. The zero-order chi connectivity index (χ0) is 70.2. The fourth-order valence-corrected chi connectivity index (χ4v) is 12.7. The summed E-state index contributed by atoms with van der Waals surface area (Å²) in [5, 5.41) is 17.8. The topological polar surface area (TPSA) is 312 Å². The van der Waals surface area contributed by atoms with Crippen molar-refractivity contribution in [3.63, 3.8) is 0 Å². The van der Waals surface area contributed by atoms with E-state index in [0.717, 1.165) is 82.8 Å². The molecule has 5 N–H and O–H groups in total. The number of anilines is 2. The number of likely N-dealkylation sites (tertiary alicyclic amines) is 3. The van der Waals surface area contributed by atoms with Crippen molar-refractivity contribution in [2.75, 3.05) is 64.2 Å². The number of carbonyl (C=O) groups excluding carboxylic acids is 9. The van der Waals surface area contributed by atoms with Crippen molar-refractivity contribution in [1.29, 1.82) is 0 Å². The number of hydrogen-bond acceptors (Lipinski definition) is 18.